The Bertz CT molecular complexity index is 1110. The van der Waals surface area contributed by atoms with Gasteiger partial charge in [0, 0.05) is 23.7 Å². The highest BCUT2D eigenvalue weighted by Gasteiger charge is 2.31. The molecule has 162 valence electrons. The molecule has 0 saturated heterocycles. The van der Waals surface area contributed by atoms with Gasteiger partial charge in [0.2, 0.25) is 0 Å². The first-order valence-electron chi connectivity index (χ1n) is 10.2. The van der Waals surface area contributed by atoms with Crippen LogP contribution in [0.2, 0.25) is 0 Å². The number of amides is 1. The third-order valence-corrected chi connectivity index (χ3v) is 5.79. The summed E-state index contributed by atoms with van der Waals surface area (Å²) in [4.78, 5) is 23.3. The number of halogens is 3. The maximum absolute atomic E-state index is 13.3. The molecule has 1 saturated carbocycles. The number of carbonyl (C=O) groups excluding carboxylic acids is 1. The summed E-state index contributed by atoms with van der Waals surface area (Å²) in [7, 11) is 0. The van der Waals surface area contributed by atoms with E-state index in [9.17, 15) is 18.0 Å². The van der Waals surface area contributed by atoms with Crippen molar-refractivity contribution in [3.8, 4) is 0 Å². The number of nitrogens with two attached hydrogens (primary N) is 1. The maximum Gasteiger partial charge on any atom is 0.417 e. The number of nitrogen functional groups attached to an aromatic ring is 1. The van der Waals surface area contributed by atoms with E-state index >= 15 is 0 Å². The molecule has 5 nitrogen and oxygen atoms in total. The summed E-state index contributed by atoms with van der Waals surface area (Å²) in [6, 6.07) is 9.48. The van der Waals surface area contributed by atoms with Crippen molar-refractivity contribution in [1.82, 2.24) is 14.9 Å². The van der Waals surface area contributed by atoms with Gasteiger partial charge in [0.05, 0.1) is 23.3 Å². The number of alkyl halides is 3. The average molecular weight is 428 g/mol. The van der Waals surface area contributed by atoms with E-state index in [1.165, 1.54) is 6.07 Å². The first-order chi connectivity index (χ1) is 14.7. The van der Waals surface area contributed by atoms with Gasteiger partial charge < -0.3 is 10.6 Å². The van der Waals surface area contributed by atoms with Crippen molar-refractivity contribution in [2.75, 3.05) is 12.3 Å². The molecule has 1 aliphatic carbocycles. The van der Waals surface area contributed by atoms with E-state index in [1.54, 1.807) is 23.1 Å². The lowest BCUT2D eigenvalue weighted by Gasteiger charge is -2.32. The highest BCUT2D eigenvalue weighted by molar-refractivity contribution is 5.98. The number of hydrogen-bond acceptors (Lipinski definition) is 4. The van der Waals surface area contributed by atoms with Gasteiger partial charge in [-0.1, -0.05) is 6.42 Å². The third-order valence-electron chi connectivity index (χ3n) is 5.79. The fraction of sp³-hybridized carbons (Fsp3) is 0.348. The molecular weight excluding hydrogens is 405 g/mol. The molecule has 0 spiro atoms. The van der Waals surface area contributed by atoms with Crippen LogP contribution in [-0.2, 0) is 12.7 Å². The van der Waals surface area contributed by atoms with E-state index < -0.39 is 11.7 Å². The van der Waals surface area contributed by atoms with Crippen LogP contribution < -0.4 is 5.73 Å². The van der Waals surface area contributed by atoms with Gasteiger partial charge in [0.1, 0.15) is 5.82 Å². The Labute approximate surface area is 178 Å². The first-order valence-corrected chi connectivity index (χ1v) is 10.2. The van der Waals surface area contributed by atoms with Crippen molar-refractivity contribution < 1.29 is 18.0 Å². The predicted molar refractivity (Wildman–Crippen MR) is 112 cm³/mol. The quantitative estimate of drug-likeness (QED) is 0.622. The van der Waals surface area contributed by atoms with Crippen molar-refractivity contribution in [2.45, 2.75) is 38.9 Å². The summed E-state index contributed by atoms with van der Waals surface area (Å²) < 4.78 is 38.5. The molecule has 1 amide bonds. The minimum absolute atomic E-state index is 0.157. The molecule has 31 heavy (non-hydrogen) atoms. The molecule has 2 heterocycles. The zero-order valence-electron chi connectivity index (χ0n) is 17.1. The smallest absolute Gasteiger partial charge is 0.383 e. The summed E-state index contributed by atoms with van der Waals surface area (Å²) in [6.07, 6.45) is -0.397. The van der Waals surface area contributed by atoms with Gasteiger partial charge in [-0.15, -0.1) is 0 Å². The molecule has 2 aromatic heterocycles. The molecule has 0 bridgehead atoms. The first kappa shape index (κ1) is 21.1. The van der Waals surface area contributed by atoms with Crippen LogP contribution in [0.5, 0.6) is 0 Å². The molecule has 1 aromatic carbocycles. The number of aryl methyl sites for hydroxylation is 1. The fourth-order valence-electron chi connectivity index (χ4n) is 3.70. The van der Waals surface area contributed by atoms with Crippen molar-refractivity contribution in [3.05, 3.63) is 65.0 Å². The van der Waals surface area contributed by atoms with E-state index in [4.69, 9.17) is 5.73 Å². The predicted octanol–water partition coefficient (Wildman–Crippen LogP) is 4.98. The number of carbonyl (C=O) groups is 1. The van der Waals surface area contributed by atoms with Gasteiger partial charge in [-0.2, -0.15) is 13.2 Å². The summed E-state index contributed by atoms with van der Waals surface area (Å²) >= 11 is 0. The number of pyridine rings is 2. The minimum atomic E-state index is -4.44. The molecule has 0 atom stereocenters. The van der Waals surface area contributed by atoms with Crippen molar-refractivity contribution in [3.63, 3.8) is 0 Å². The van der Waals surface area contributed by atoms with Crippen LogP contribution in [-0.4, -0.2) is 27.3 Å². The summed E-state index contributed by atoms with van der Waals surface area (Å²) in [5, 5.41) is 0.814. The highest BCUT2D eigenvalue weighted by atomic mass is 19.4. The monoisotopic (exact) mass is 428 g/mol. The van der Waals surface area contributed by atoms with Crippen LogP contribution in [0.15, 0.2) is 42.6 Å². The van der Waals surface area contributed by atoms with Gasteiger partial charge in [-0.3, -0.25) is 9.78 Å². The molecule has 0 unspecified atom stereocenters. The van der Waals surface area contributed by atoms with Crippen molar-refractivity contribution in [1.29, 1.82) is 0 Å². The number of nitrogens with zero attached hydrogens (tertiary/aromatic N) is 3. The normalized spacial score (nSPS) is 14.5. The SMILES string of the molecule is Cc1cc2cc(C(=O)N(Cc3ccc(C(F)(F)F)cn3)CC3CCC3)ccc2nc1N. The van der Waals surface area contributed by atoms with Gasteiger partial charge in [0.15, 0.2) is 0 Å². The number of hydrogen-bond donors (Lipinski definition) is 1. The van der Waals surface area contributed by atoms with Crippen molar-refractivity contribution >= 4 is 22.6 Å². The second kappa shape index (κ2) is 8.17. The van der Waals surface area contributed by atoms with E-state index in [1.807, 2.05) is 13.0 Å². The van der Waals surface area contributed by atoms with Gasteiger partial charge in [-0.25, -0.2) is 4.98 Å². The van der Waals surface area contributed by atoms with E-state index in [-0.39, 0.29) is 12.5 Å². The zero-order chi connectivity index (χ0) is 22.2. The van der Waals surface area contributed by atoms with Crippen LogP contribution in [0.1, 0.15) is 46.4 Å². The summed E-state index contributed by atoms with van der Waals surface area (Å²) in [5.74, 6) is 0.680. The molecule has 8 heteroatoms. The molecule has 2 N–H and O–H groups in total. The standard InChI is InChI=1S/C23H23F3N4O/c1-14-9-17-10-16(5-8-20(17)29-21(14)27)22(31)30(12-15-3-2-4-15)13-19-7-6-18(11-28-19)23(24,25)26/h5-11,15H,2-4,12-13H2,1H3,(H2,27,29). The topological polar surface area (TPSA) is 72.1 Å². The lowest BCUT2D eigenvalue weighted by atomic mass is 9.85. The van der Waals surface area contributed by atoms with Crippen LogP contribution in [0.3, 0.4) is 0 Å². The number of aromatic nitrogens is 2. The lowest BCUT2D eigenvalue weighted by Crippen LogP contribution is -2.37. The highest BCUT2D eigenvalue weighted by Crippen LogP contribution is 2.30. The Morgan fingerprint density at radius 3 is 2.58 bits per heavy atom. The zero-order valence-corrected chi connectivity index (χ0v) is 17.1. The van der Waals surface area contributed by atoms with E-state index in [0.717, 1.165) is 42.5 Å². The fourth-order valence-corrected chi connectivity index (χ4v) is 3.70. The number of fused-ring (bicyclic) bond motifs is 1. The Morgan fingerprint density at radius 2 is 1.97 bits per heavy atom. The number of anilines is 1. The molecule has 0 aliphatic heterocycles. The minimum Gasteiger partial charge on any atom is -0.383 e. The van der Waals surface area contributed by atoms with Crippen LogP contribution in [0.4, 0.5) is 19.0 Å². The lowest BCUT2D eigenvalue weighted by molar-refractivity contribution is -0.137. The Kier molecular flexibility index (Phi) is 5.56. The Hall–Kier alpha value is -3.16. The molecule has 4 rings (SSSR count). The molecular formula is C23H23F3N4O. The van der Waals surface area contributed by atoms with Gasteiger partial charge >= 0.3 is 6.18 Å². The maximum atomic E-state index is 13.3. The van der Waals surface area contributed by atoms with Gasteiger partial charge in [0.25, 0.3) is 5.91 Å². The largest absolute Gasteiger partial charge is 0.417 e. The molecule has 1 fully saturated rings. The van der Waals surface area contributed by atoms with Crippen LogP contribution >= 0.6 is 0 Å². The number of benzene rings is 1. The van der Waals surface area contributed by atoms with E-state index in [2.05, 4.69) is 9.97 Å². The summed E-state index contributed by atoms with van der Waals surface area (Å²) in [5.41, 5.74) is 7.53. The molecule has 1 aliphatic rings. The summed E-state index contributed by atoms with van der Waals surface area (Å²) in [6.45, 7) is 2.57. The van der Waals surface area contributed by atoms with Crippen LogP contribution in [0.25, 0.3) is 10.9 Å². The second-order valence-corrected chi connectivity index (χ2v) is 8.12. The second-order valence-electron chi connectivity index (χ2n) is 8.12. The van der Waals surface area contributed by atoms with E-state index in [0.29, 0.717) is 35.1 Å². The Balaban J connectivity index is 1.60. The van der Waals surface area contributed by atoms with Crippen LogP contribution in [0, 0.1) is 12.8 Å². The number of rotatable bonds is 5. The van der Waals surface area contributed by atoms with Crippen molar-refractivity contribution in [2.24, 2.45) is 5.92 Å². The van der Waals surface area contributed by atoms with Gasteiger partial charge in [-0.05, 0) is 67.6 Å². The average Bonchev–Trinajstić information content (AvgIpc) is 2.69. The molecule has 3 aromatic rings. The molecule has 0 radical (unpaired) electrons. The third kappa shape index (κ3) is 4.62. The Morgan fingerprint density at radius 1 is 1.19 bits per heavy atom.